The van der Waals surface area contributed by atoms with Gasteiger partial charge in [-0.15, -0.1) is 0 Å². The van der Waals surface area contributed by atoms with Crippen LogP contribution in [-0.4, -0.2) is 57.9 Å². The minimum Gasteiger partial charge on any atom is -0.493 e. The van der Waals surface area contributed by atoms with Crippen LogP contribution in [0, 0.1) is 6.92 Å². The van der Waals surface area contributed by atoms with Crippen molar-refractivity contribution >= 4 is 11.6 Å². The van der Waals surface area contributed by atoms with E-state index in [1.807, 2.05) is 25.1 Å². The van der Waals surface area contributed by atoms with Gasteiger partial charge in [0.05, 0.1) is 12.2 Å². The molecule has 23 heavy (non-hydrogen) atoms. The predicted molar refractivity (Wildman–Crippen MR) is 91.9 cm³/mol. The van der Waals surface area contributed by atoms with Crippen LogP contribution in [0.25, 0.3) is 0 Å². The molecule has 1 aliphatic heterocycles. The molecule has 6 heteroatoms. The lowest BCUT2D eigenvalue weighted by atomic mass is 10.0. The first kappa shape index (κ1) is 16.3. The highest BCUT2D eigenvalue weighted by Crippen LogP contribution is 2.30. The first-order valence-corrected chi connectivity index (χ1v) is 8.33. The summed E-state index contributed by atoms with van der Waals surface area (Å²) in [6.45, 7) is 6.35. The second kappa shape index (κ2) is 6.91. The number of hydrogen-bond acceptors (Lipinski definition) is 4. The molecule has 2 aromatic rings. The van der Waals surface area contributed by atoms with Gasteiger partial charge in [-0.2, -0.15) is 5.10 Å². The monoisotopic (exact) mass is 334 g/mol. The summed E-state index contributed by atoms with van der Waals surface area (Å²) in [6.07, 6.45) is 0. The maximum atomic E-state index is 9.88. The molecule has 0 radical (unpaired) electrons. The van der Waals surface area contributed by atoms with E-state index in [9.17, 15) is 5.11 Å². The lowest BCUT2D eigenvalue weighted by molar-refractivity contribution is 0.0849. The van der Waals surface area contributed by atoms with Gasteiger partial charge in [0.25, 0.3) is 0 Å². The van der Waals surface area contributed by atoms with E-state index < -0.39 is 0 Å². The van der Waals surface area contributed by atoms with E-state index in [0.29, 0.717) is 6.54 Å². The quantitative estimate of drug-likeness (QED) is 0.933. The summed E-state index contributed by atoms with van der Waals surface area (Å²) in [4.78, 5) is 4.76. The molecule has 1 aliphatic rings. The molecule has 124 valence electrons. The van der Waals surface area contributed by atoms with Gasteiger partial charge in [-0.1, -0.05) is 29.8 Å². The van der Waals surface area contributed by atoms with Crippen LogP contribution in [-0.2, 0) is 6.54 Å². The Kier molecular flexibility index (Phi) is 4.90. The fraction of sp³-hybridized carbons (Fsp3) is 0.471. The minimum absolute atomic E-state index is 0.228. The molecule has 1 aromatic heterocycles. The Labute approximate surface area is 142 Å². The standard InChI is InChI=1S/C17H23ClN4O/c1-13-11-17(23)22(19-13)10-9-21-8-7-20(2)12-16(21)14-5-3-4-6-15(14)18/h3-6,11,16,23H,7-10,12H2,1-2H3. The summed E-state index contributed by atoms with van der Waals surface area (Å²) < 4.78 is 1.66. The Bertz CT molecular complexity index is 672. The lowest BCUT2D eigenvalue weighted by Crippen LogP contribution is -2.47. The van der Waals surface area contributed by atoms with Crippen molar-refractivity contribution in [1.82, 2.24) is 19.6 Å². The SMILES string of the molecule is Cc1cc(O)n(CCN2CCN(C)CC2c2ccccc2Cl)n1. The van der Waals surface area contributed by atoms with E-state index in [1.165, 1.54) is 5.56 Å². The van der Waals surface area contributed by atoms with E-state index in [-0.39, 0.29) is 11.9 Å². The molecule has 2 heterocycles. The third-order valence-corrected chi connectivity index (χ3v) is 4.78. The van der Waals surface area contributed by atoms with Gasteiger partial charge in [0, 0.05) is 43.3 Å². The fourth-order valence-corrected chi connectivity index (χ4v) is 3.45. The van der Waals surface area contributed by atoms with Crippen molar-refractivity contribution in [3.63, 3.8) is 0 Å². The van der Waals surface area contributed by atoms with Gasteiger partial charge in [-0.05, 0) is 25.6 Å². The van der Waals surface area contributed by atoms with Gasteiger partial charge in [-0.3, -0.25) is 4.90 Å². The molecule has 5 nitrogen and oxygen atoms in total. The van der Waals surface area contributed by atoms with Crippen molar-refractivity contribution in [2.24, 2.45) is 0 Å². The van der Waals surface area contributed by atoms with Crippen LogP contribution in [0.3, 0.4) is 0 Å². The third-order valence-electron chi connectivity index (χ3n) is 4.44. The first-order valence-electron chi connectivity index (χ1n) is 7.95. The normalized spacial score (nSPS) is 20.0. The van der Waals surface area contributed by atoms with Crippen molar-refractivity contribution in [1.29, 1.82) is 0 Å². The largest absolute Gasteiger partial charge is 0.493 e. The number of nitrogens with zero attached hydrogens (tertiary/aromatic N) is 4. The van der Waals surface area contributed by atoms with Gasteiger partial charge >= 0.3 is 0 Å². The number of likely N-dealkylation sites (N-methyl/N-ethyl adjacent to an activating group) is 1. The van der Waals surface area contributed by atoms with Gasteiger partial charge in [0.15, 0.2) is 0 Å². The lowest BCUT2D eigenvalue weighted by Gasteiger charge is -2.40. The number of aromatic hydroxyl groups is 1. The highest BCUT2D eigenvalue weighted by molar-refractivity contribution is 6.31. The maximum Gasteiger partial charge on any atom is 0.209 e. The summed E-state index contributed by atoms with van der Waals surface area (Å²) >= 11 is 6.41. The Morgan fingerprint density at radius 2 is 2.04 bits per heavy atom. The summed E-state index contributed by atoms with van der Waals surface area (Å²) in [7, 11) is 2.14. The number of aromatic nitrogens is 2. The molecule has 1 saturated heterocycles. The summed E-state index contributed by atoms with van der Waals surface area (Å²) in [6, 6.07) is 10.0. The van der Waals surface area contributed by atoms with Crippen LogP contribution in [0.1, 0.15) is 17.3 Å². The van der Waals surface area contributed by atoms with E-state index in [4.69, 9.17) is 11.6 Å². The minimum atomic E-state index is 0.228. The molecule has 0 spiro atoms. The average molecular weight is 335 g/mol. The molecular weight excluding hydrogens is 312 g/mol. The Morgan fingerprint density at radius 3 is 2.74 bits per heavy atom. The van der Waals surface area contributed by atoms with Crippen molar-refractivity contribution in [2.45, 2.75) is 19.5 Å². The van der Waals surface area contributed by atoms with Crippen LogP contribution in [0.4, 0.5) is 0 Å². The van der Waals surface area contributed by atoms with E-state index in [1.54, 1.807) is 10.7 Å². The zero-order chi connectivity index (χ0) is 16.4. The molecule has 1 fully saturated rings. The second-order valence-electron chi connectivity index (χ2n) is 6.20. The number of rotatable bonds is 4. The second-order valence-corrected chi connectivity index (χ2v) is 6.61. The van der Waals surface area contributed by atoms with Gasteiger partial charge in [0.1, 0.15) is 0 Å². The third kappa shape index (κ3) is 3.68. The summed E-state index contributed by atoms with van der Waals surface area (Å²) in [5.41, 5.74) is 2.00. The molecule has 0 saturated carbocycles. The van der Waals surface area contributed by atoms with Crippen LogP contribution >= 0.6 is 11.6 Å². The van der Waals surface area contributed by atoms with Crippen LogP contribution in [0.2, 0.25) is 5.02 Å². The van der Waals surface area contributed by atoms with Gasteiger partial charge < -0.3 is 10.0 Å². The molecule has 1 N–H and O–H groups in total. The Morgan fingerprint density at radius 1 is 1.26 bits per heavy atom. The number of aryl methyl sites for hydroxylation is 1. The molecule has 1 atom stereocenters. The highest BCUT2D eigenvalue weighted by atomic mass is 35.5. The zero-order valence-electron chi connectivity index (χ0n) is 13.6. The van der Waals surface area contributed by atoms with Gasteiger partial charge in [-0.25, -0.2) is 4.68 Å². The number of benzene rings is 1. The average Bonchev–Trinajstić information content (AvgIpc) is 2.84. The molecule has 1 aromatic carbocycles. The Hall–Kier alpha value is -1.56. The van der Waals surface area contributed by atoms with Crippen molar-refractivity contribution in [3.8, 4) is 5.88 Å². The van der Waals surface area contributed by atoms with Crippen LogP contribution in [0.5, 0.6) is 5.88 Å². The number of halogens is 1. The van der Waals surface area contributed by atoms with Crippen molar-refractivity contribution < 1.29 is 5.11 Å². The fourth-order valence-electron chi connectivity index (χ4n) is 3.18. The topological polar surface area (TPSA) is 44.5 Å². The summed E-state index contributed by atoms with van der Waals surface area (Å²) in [5.74, 6) is 0.228. The first-order chi connectivity index (χ1) is 11.0. The molecule has 1 unspecified atom stereocenters. The zero-order valence-corrected chi connectivity index (χ0v) is 14.4. The maximum absolute atomic E-state index is 9.88. The van der Waals surface area contributed by atoms with Gasteiger partial charge in [0.2, 0.25) is 5.88 Å². The van der Waals surface area contributed by atoms with Crippen molar-refractivity contribution in [2.75, 3.05) is 33.2 Å². The molecular formula is C17H23ClN4O. The van der Waals surface area contributed by atoms with Crippen LogP contribution < -0.4 is 0 Å². The van der Waals surface area contributed by atoms with E-state index in [0.717, 1.165) is 36.9 Å². The smallest absolute Gasteiger partial charge is 0.209 e. The predicted octanol–water partition coefficient (Wildman–Crippen LogP) is 2.54. The van der Waals surface area contributed by atoms with E-state index >= 15 is 0 Å². The van der Waals surface area contributed by atoms with Crippen LogP contribution in [0.15, 0.2) is 30.3 Å². The molecule has 0 bridgehead atoms. The van der Waals surface area contributed by atoms with E-state index in [2.05, 4.69) is 28.0 Å². The molecule has 0 amide bonds. The molecule has 3 rings (SSSR count). The highest BCUT2D eigenvalue weighted by Gasteiger charge is 2.27. The summed E-state index contributed by atoms with van der Waals surface area (Å²) in [5, 5.41) is 15.0. The number of piperazine rings is 1. The molecule has 0 aliphatic carbocycles. The number of hydrogen-bond donors (Lipinski definition) is 1. The van der Waals surface area contributed by atoms with Crippen molar-refractivity contribution in [3.05, 3.63) is 46.6 Å². The Balaban J connectivity index is 1.76.